The highest BCUT2D eigenvalue weighted by Gasteiger charge is 1.96. The van der Waals surface area contributed by atoms with Crippen molar-refractivity contribution in [2.75, 3.05) is 6.54 Å². The van der Waals surface area contributed by atoms with E-state index < -0.39 is 0 Å². The molecule has 0 aromatic carbocycles. The highest BCUT2D eigenvalue weighted by atomic mass is 16.5. The Morgan fingerprint density at radius 1 is 1.38 bits per heavy atom. The van der Waals surface area contributed by atoms with Gasteiger partial charge in [-0.05, 0) is 30.5 Å². The van der Waals surface area contributed by atoms with Crippen molar-refractivity contribution < 1.29 is 9.66 Å². The summed E-state index contributed by atoms with van der Waals surface area (Å²) in [5.74, 6) is 1.97. The lowest BCUT2D eigenvalue weighted by atomic mass is 10.1. The van der Waals surface area contributed by atoms with Crippen LogP contribution in [-0.2, 0) is 4.79 Å². The van der Waals surface area contributed by atoms with Gasteiger partial charge in [0, 0.05) is 6.42 Å². The van der Waals surface area contributed by atoms with Gasteiger partial charge in [-0.1, -0.05) is 24.1 Å². The predicted octanol–water partition coefficient (Wildman–Crippen LogP) is 2.64. The minimum absolute atomic E-state index is 0.122. The molecule has 0 aromatic heterocycles. The van der Waals surface area contributed by atoms with E-state index in [0.717, 1.165) is 38.3 Å². The molecular formula is C12H18N2O2. The predicted molar refractivity (Wildman–Crippen MR) is 62.7 cm³/mol. The van der Waals surface area contributed by atoms with Crippen molar-refractivity contribution in [1.29, 1.82) is 0 Å². The molecule has 4 heteroatoms. The van der Waals surface area contributed by atoms with Gasteiger partial charge in [-0.2, -0.15) is 0 Å². The number of carbonyl (C=O) groups excluding carboxylic acids is 1. The van der Waals surface area contributed by atoms with Crippen molar-refractivity contribution in [1.82, 2.24) is 0 Å². The summed E-state index contributed by atoms with van der Waals surface area (Å²) in [4.78, 5) is 11.2. The molecule has 0 heterocycles. The van der Waals surface area contributed by atoms with Crippen molar-refractivity contribution in [2.45, 2.75) is 38.5 Å². The molecule has 0 aromatic rings. The summed E-state index contributed by atoms with van der Waals surface area (Å²) in [5, 5.41) is 14.3. The van der Waals surface area contributed by atoms with Gasteiger partial charge in [0.1, 0.15) is 6.54 Å². The Morgan fingerprint density at radius 3 is 2.62 bits per heavy atom. The smallest absolute Gasteiger partial charge is 0.205 e. The normalized spacial score (nSPS) is 10.8. The molecule has 0 N–H and O–H groups in total. The molecule has 0 rings (SSSR count). The van der Waals surface area contributed by atoms with Crippen LogP contribution >= 0.6 is 0 Å². The van der Waals surface area contributed by atoms with Crippen LogP contribution < -0.4 is 0 Å². The Balaban J connectivity index is 3.26. The maximum atomic E-state index is 10.8. The van der Waals surface area contributed by atoms with E-state index in [1.54, 1.807) is 0 Å². The molecule has 0 saturated carbocycles. The van der Waals surface area contributed by atoms with Gasteiger partial charge in [0.25, 0.3) is 0 Å². The molecule has 16 heavy (non-hydrogen) atoms. The maximum Gasteiger partial charge on any atom is 0.205 e. The monoisotopic (exact) mass is 222 g/mol. The number of carbonyl (C=O) groups is 1. The summed E-state index contributed by atoms with van der Waals surface area (Å²) in [7, 11) is 0. The number of Topliss-reactive ketones (excluding diaryl/α,β-unsaturated/α-hetero) is 1. The number of hydroxylamine groups is 1. The number of azo groups is 1. The zero-order valence-electron chi connectivity index (χ0n) is 9.52. The Labute approximate surface area is 96.6 Å². The van der Waals surface area contributed by atoms with Gasteiger partial charge in [-0.15, -0.1) is 6.42 Å². The number of nitrogens with zero attached hydrogens (tertiary/aromatic N) is 2. The standard InChI is InChI=1S/C12H18N2O2/c1-3-12(15)10-8-6-5-7-9-11-13-14(16)4-2/h1,4H,2,5-11H2. The van der Waals surface area contributed by atoms with Gasteiger partial charge in [-0.25, -0.2) is 0 Å². The first-order chi connectivity index (χ1) is 7.70. The first-order valence-electron chi connectivity index (χ1n) is 5.46. The summed E-state index contributed by atoms with van der Waals surface area (Å²) >= 11 is 0. The molecule has 0 aliphatic heterocycles. The second-order valence-corrected chi connectivity index (χ2v) is 3.44. The maximum absolute atomic E-state index is 10.8. The van der Waals surface area contributed by atoms with Crippen LogP contribution in [-0.4, -0.2) is 17.2 Å². The van der Waals surface area contributed by atoms with Crippen molar-refractivity contribution in [3.05, 3.63) is 18.0 Å². The van der Waals surface area contributed by atoms with Gasteiger partial charge in [-0.3, -0.25) is 4.79 Å². The van der Waals surface area contributed by atoms with E-state index in [9.17, 15) is 10.0 Å². The van der Waals surface area contributed by atoms with Crippen LogP contribution in [0.3, 0.4) is 0 Å². The van der Waals surface area contributed by atoms with Gasteiger partial charge in [0.2, 0.25) is 12.0 Å². The van der Waals surface area contributed by atoms with E-state index in [1.807, 2.05) is 0 Å². The first kappa shape index (κ1) is 14.4. The lowest BCUT2D eigenvalue weighted by molar-refractivity contribution is -0.458. The fraction of sp³-hybridized carbons (Fsp3) is 0.583. The van der Waals surface area contributed by atoms with Gasteiger partial charge < -0.3 is 5.21 Å². The molecule has 0 amide bonds. The number of hydrogen-bond donors (Lipinski definition) is 0. The van der Waals surface area contributed by atoms with Crippen LogP contribution in [0.2, 0.25) is 0 Å². The minimum Gasteiger partial charge on any atom is -0.595 e. The van der Waals surface area contributed by atoms with Crippen LogP contribution in [0, 0.1) is 17.6 Å². The van der Waals surface area contributed by atoms with Gasteiger partial charge >= 0.3 is 0 Å². The Hall–Kier alpha value is -1.63. The van der Waals surface area contributed by atoms with E-state index >= 15 is 0 Å². The molecule has 0 aliphatic rings. The van der Waals surface area contributed by atoms with E-state index in [0.29, 0.717) is 17.8 Å². The fourth-order valence-corrected chi connectivity index (χ4v) is 1.23. The number of hydrogen-bond acceptors (Lipinski definition) is 3. The quantitative estimate of drug-likeness (QED) is 0.150. The van der Waals surface area contributed by atoms with Gasteiger partial charge in [0.05, 0.1) is 0 Å². The molecule has 4 nitrogen and oxygen atoms in total. The molecule has 0 fully saturated rings. The second-order valence-electron chi connectivity index (χ2n) is 3.44. The van der Waals surface area contributed by atoms with Crippen LogP contribution in [0.15, 0.2) is 17.9 Å². The third-order valence-electron chi connectivity index (χ3n) is 2.12. The topological polar surface area (TPSA) is 55.5 Å². The Morgan fingerprint density at radius 2 is 2.00 bits per heavy atom. The molecule has 0 radical (unpaired) electrons. The minimum atomic E-state index is -0.122. The summed E-state index contributed by atoms with van der Waals surface area (Å²) in [6, 6.07) is 0. The lowest BCUT2D eigenvalue weighted by Gasteiger charge is -1.97. The van der Waals surface area contributed by atoms with Crippen LogP contribution in [0.1, 0.15) is 38.5 Å². The van der Waals surface area contributed by atoms with Crippen molar-refractivity contribution in [2.24, 2.45) is 5.11 Å². The van der Waals surface area contributed by atoms with Crippen LogP contribution in [0.4, 0.5) is 0 Å². The summed E-state index contributed by atoms with van der Waals surface area (Å²) in [6.45, 7) is 3.82. The van der Waals surface area contributed by atoms with E-state index in [1.165, 1.54) is 0 Å². The van der Waals surface area contributed by atoms with Gasteiger partial charge in [0.15, 0.2) is 0 Å². The van der Waals surface area contributed by atoms with E-state index in [2.05, 4.69) is 17.6 Å². The van der Waals surface area contributed by atoms with Crippen LogP contribution in [0.25, 0.3) is 0 Å². The summed E-state index contributed by atoms with van der Waals surface area (Å²) in [6.07, 6.45) is 11.3. The highest BCUT2D eigenvalue weighted by Crippen LogP contribution is 2.05. The highest BCUT2D eigenvalue weighted by molar-refractivity contribution is 5.94. The molecule has 0 aliphatic carbocycles. The van der Waals surface area contributed by atoms with Crippen LogP contribution in [0.5, 0.6) is 0 Å². The average Bonchev–Trinajstić information content (AvgIpc) is 2.31. The Bertz CT molecular complexity index is 290. The molecular weight excluding hydrogens is 204 g/mol. The number of ketones is 1. The molecule has 0 atom stereocenters. The van der Waals surface area contributed by atoms with Crippen molar-refractivity contribution >= 4 is 5.78 Å². The van der Waals surface area contributed by atoms with E-state index in [4.69, 9.17) is 6.42 Å². The SMILES string of the molecule is C#CC(=O)CCCCCCCN=[N+]([O-])C=C. The summed E-state index contributed by atoms with van der Waals surface area (Å²) < 4.78 is 0. The zero-order valence-corrected chi connectivity index (χ0v) is 9.52. The lowest BCUT2D eigenvalue weighted by Crippen LogP contribution is -1.93. The number of terminal acetylenes is 1. The third kappa shape index (κ3) is 8.95. The molecule has 0 spiro atoms. The molecule has 0 bridgehead atoms. The second kappa shape index (κ2) is 9.91. The molecule has 0 unspecified atom stereocenters. The average molecular weight is 222 g/mol. The Kier molecular flexibility index (Phi) is 8.90. The molecule has 0 saturated heterocycles. The first-order valence-corrected chi connectivity index (χ1v) is 5.46. The summed E-state index contributed by atoms with van der Waals surface area (Å²) in [5.41, 5.74) is 0. The number of unbranched alkanes of at least 4 members (excludes halogenated alkanes) is 4. The third-order valence-corrected chi connectivity index (χ3v) is 2.12. The van der Waals surface area contributed by atoms with E-state index in [-0.39, 0.29) is 5.78 Å². The largest absolute Gasteiger partial charge is 0.595 e. The zero-order chi connectivity index (χ0) is 12.2. The number of rotatable bonds is 9. The molecule has 88 valence electrons. The fourth-order valence-electron chi connectivity index (χ4n) is 1.23. The van der Waals surface area contributed by atoms with Crippen molar-refractivity contribution in [3.63, 3.8) is 0 Å². The van der Waals surface area contributed by atoms with Crippen molar-refractivity contribution in [3.8, 4) is 12.3 Å².